The zero-order valence-corrected chi connectivity index (χ0v) is 11.0. The first-order chi connectivity index (χ1) is 9.63. The maximum Gasteiger partial charge on any atom is 0.178 e. The van der Waals surface area contributed by atoms with E-state index < -0.39 is 0 Å². The lowest BCUT2D eigenvalue weighted by Crippen LogP contribution is -1.86. The van der Waals surface area contributed by atoms with Gasteiger partial charge in [-0.2, -0.15) is 0 Å². The Hall–Kier alpha value is -2.81. The van der Waals surface area contributed by atoms with E-state index in [9.17, 15) is 4.79 Å². The first-order valence-electron chi connectivity index (χ1n) is 6.25. The fourth-order valence-electron chi connectivity index (χ4n) is 1.63. The van der Waals surface area contributed by atoms with Gasteiger partial charge in [-0.05, 0) is 47.5 Å². The molecule has 3 heteroatoms. The number of benzene rings is 2. The maximum absolute atomic E-state index is 11.7. The summed E-state index contributed by atoms with van der Waals surface area (Å²) in [6, 6.07) is 14.7. The van der Waals surface area contributed by atoms with E-state index in [1.807, 2.05) is 24.3 Å². The molecule has 0 bridgehead atoms. The van der Waals surface area contributed by atoms with Gasteiger partial charge in [0.1, 0.15) is 0 Å². The number of nitrogen functional groups attached to an aromatic ring is 2. The van der Waals surface area contributed by atoms with Gasteiger partial charge in [0.15, 0.2) is 5.78 Å². The van der Waals surface area contributed by atoms with Crippen molar-refractivity contribution in [3.05, 3.63) is 71.8 Å². The van der Waals surface area contributed by atoms with Gasteiger partial charge in [-0.3, -0.25) is 4.79 Å². The predicted molar refractivity (Wildman–Crippen MR) is 84.8 cm³/mol. The van der Waals surface area contributed by atoms with E-state index in [2.05, 4.69) is 0 Å². The van der Waals surface area contributed by atoms with E-state index in [0.29, 0.717) is 11.4 Å². The number of hydrogen-bond donors (Lipinski definition) is 2. The van der Waals surface area contributed by atoms with E-state index >= 15 is 0 Å². The van der Waals surface area contributed by atoms with Crippen molar-refractivity contribution in [2.45, 2.75) is 0 Å². The number of carbonyl (C=O) groups is 1. The smallest absolute Gasteiger partial charge is 0.178 e. The molecule has 0 radical (unpaired) electrons. The molecule has 0 saturated heterocycles. The van der Waals surface area contributed by atoms with Gasteiger partial charge in [-0.1, -0.05) is 36.4 Å². The average molecular weight is 264 g/mol. The second-order valence-electron chi connectivity index (χ2n) is 4.40. The number of carbonyl (C=O) groups excluding carboxylic acids is 1. The van der Waals surface area contributed by atoms with Gasteiger partial charge in [-0.25, -0.2) is 0 Å². The normalized spacial score (nSPS) is 11.2. The largest absolute Gasteiger partial charge is 0.399 e. The molecule has 2 aromatic rings. The minimum Gasteiger partial charge on any atom is -0.399 e. The molecule has 20 heavy (non-hydrogen) atoms. The molecule has 0 spiro atoms. The van der Waals surface area contributed by atoms with E-state index in [1.165, 1.54) is 12.2 Å². The third-order valence-corrected chi connectivity index (χ3v) is 2.75. The Morgan fingerprint density at radius 3 is 1.40 bits per heavy atom. The molecule has 0 fully saturated rings. The molecule has 0 aliphatic heterocycles. The lowest BCUT2D eigenvalue weighted by atomic mass is 10.1. The average Bonchev–Trinajstić information content (AvgIpc) is 2.46. The van der Waals surface area contributed by atoms with Gasteiger partial charge in [0.05, 0.1) is 0 Å². The summed E-state index contributed by atoms with van der Waals surface area (Å²) in [7, 11) is 0. The van der Waals surface area contributed by atoms with Crippen LogP contribution in [0.1, 0.15) is 11.1 Å². The van der Waals surface area contributed by atoms with Crippen molar-refractivity contribution in [3.63, 3.8) is 0 Å². The van der Waals surface area contributed by atoms with Crippen molar-refractivity contribution in [1.82, 2.24) is 0 Å². The number of hydrogen-bond acceptors (Lipinski definition) is 3. The van der Waals surface area contributed by atoms with Crippen LogP contribution in [0.25, 0.3) is 12.2 Å². The third kappa shape index (κ3) is 4.14. The minimum atomic E-state index is -0.0707. The highest BCUT2D eigenvalue weighted by atomic mass is 16.1. The number of ketones is 1. The molecule has 2 aromatic carbocycles. The minimum absolute atomic E-state index is 0.0707. The highest BCUT2D eigenvalue weighted by Gasteiger charge is 1.92. The molecule has 0 atom stereocenters. The van der Waals surface area contributed by atoms with Crippen LogP contribution in [-0.2, 0) is 4.79 Å². The summed E-state index contributed by atoms with van der Waals surface area (Å²) in [4.78, 5) is 11.7. The van der Waals surface area contributed by atoms with Crippen LogP contribution in [0, 0.1) is 0 Å². The Balaban J connectivity index is 1.98. The van der Waals surface area contributed by atoms with Crippen LogP contribution in [0.4, 0.5) is 11.4 Å². The second-order valence-corrected chi connectivity index (χ2v) is 4.40. The molecule has 3 nitrogen and oxygen atoms in total. The van der Waals surface area contributed by atoms with Crippen LogP contribution < -0.4 is 11.5 Å². The van der Waals surface area contributed by atoms with Crippen LogP contribution in [0.15, 0.2) is 60.7 Å². The summed E-state index contributed by atoms with van der Waals surface area (Å²) >= 11 is 0. The van der Waals surface area contributed by atoms with Crippen LogP contribution in [0.2, 0.25) is 0 Å². The molecule has 2 rings (SSSR count). The van der Waals surface area contributed by atoms with Crippen molar-refractivity contribution >= 4 is 29.3 Å². The van der Waals surface area contributed by atoms with Crippen molar-refractivity contribution in [1.29, 1.82) is 0 Å². The Morgan fingerprint density at radius 2 is 1.05 bits per heavy atom. The number of rotatable bonds is 4. The van der Waals surface area contributed by atoms with E-state index in [-0.39, 0.29) is 5.78 Å². The number of nitrogens with two attached hydrogens (primary N) is 2. The lowest BCUT2D eigenvalue weighted by molar-refractivity contribution is -0.110. The number of anilines is 2. The molecular formula is C17H16N2O. The molecule has 0 aliphatic rings. The first-order valence-corrected chi connectivity index (χ1v) is 6.25. The van der Waals surface area contributed by atoms with Gasteiger partial charge in [0.2, 0.25) is 0 Å². The lowest BCUT2D eigenvalue weighted by Gasteiger charge is -1.95. The number of allylic oxidation sites excluding steroid dienone is 2. The Kier molecular flexibility index (Phi) is 4.35. The van der Waals surface area contributed by atoms with Gasteiger partial charge in [-0.15, -0.1) is 0 Å². The van der Waals surface area contributed by atoms with E-state index in [0.717, 1.165) is 11.1 Å². The Morgan fingerprint density at radius 1 is 0.700 bits per heavy atom. The SMILES string of the molecule is Nc1ccc(/C=C/C(=O)/C=C/c2ccc(N)cc2)cc1. The molecule has 0 amide bonds. The zero-order chi connectivity index (χ0) is 14.4. The summed E-state index contributed by atoms with van der Waals surface area (Å²) in [6.45, 7) is 0. The standard InChI is InChI=1S/C17H16N2O/c18-15-7-1-13(2-8-15)5-11-17(20)12-6-14-3-9-16(19)10-4-14/h1-12H,18-19H2/b11-5+,12-6+. The topological polar surface area (TPSA) is 69.1 Å². The van der Waals surface area contributed by atoms with Crippen molar-refractivity contribution < 1.29 is 4.79 Å². The maximum atomic E-state index is 11.7. The summed E-state index contributed by atoms with van der Waals surface area (Å²) in [5.41, 5.74) is 14.5. The van der Waals surface area contributed by atoms with Crippen LogP contribution in [0.5, 0.6) is 0 Å². The Bertz CT molecular complexity index is 580. The second kappa shape index (κ2) is 6.38. The summed E-state index contributed by atoms with van der Waals surface area (Å²) < 4.78 is 0. The highest BCUT2D eigenvalue weighted by Crippen LogP contribution is 2.08. The molecule has 0 saturated carbocycles. The molecule has 0 heterocycles. The Labute approximate surface area is 118 Å². The van der Waals surface area contributed by atoms with E-state index in [4.69, 9.17) is 11.5 Å². The molecule has 100 valence electrons. The molecular weight excluding hydrogens is 248 g/mol. The highest BCUT2D eigenvalue weighted by molar-refractivity contribution is 6.04. The summed E-state index contributed by atoms with van der Waals surface area (Å²) in [6.07, 6.45) is 6.57. The van der Waals surface area contributed by atoms with Crippen LogP contribution in [0.3, 0.4) is 0 Å². The molecule has 4 N–H and O–H groups in total. The monoisotopic (exact) mass is 264 g/mol. The van der Waals surface area contributed by atoms with E-state index in [1.54, 1.807) is 36.4 Å². The fourth-order valence-corrected chi connectivity index (χ4v) is 1.63. The quantitative estimate of drug-likeness (QED) is 0.658. The molecule has 0 unspecified atom stereocenters. The van der Waals surface area contributed by atoms with Gasteiger partial charge < -0.3 is 11.5 Å². The van der Waals surface area contributed by atoms with Crippen molar-refractivity contribution in [2.75, 3.05) is 11.5 Å². The fraction of sp³-hybridized carbons (Fsp3) is 0. The summed E-state index contributed by atoms with van der Waals surface area (Å²) in [5.74, 6) is -0.0707. The van der Waals surface area contributed by atoms with Crippen LogP contribution in [-0.4, -0.2) is 5.78 Å². The van der Waals surface area contributed by atoms with Crippen molar-refractivity contribution in [2.24, 2.45) is 0 Å². The van der Waals surface area contributed by atoms with Gasteiger partial charge in [0.25, 0.3) is 0 Å². The van der Waals surface area contributed by atoms with Crippen LogP contribution >= 0.6 is 0 Å². The third-order valence-electron chi connectivity index (χ3n) is 2.75. The van der Waals surface area contributed by atoms with Crippen molar-refractivity contribution in [3.8, 4) is 0 Å². The molecule has 0 aromatic heterocycles. The summed E-state index contributed by atoms with van der Waals surface area (Å²) in [5, 5.41) is 0. The zero-order valence-electron chi connectivity index (χ0n) is 11.0. The molecule has 0 aliphatic carbocycles. The van der Waals surface area contributed by atoms with Gasteiger partial charge in [0, 0.05) is 11.4 Å². The predicted octanol–water partition coefficient (Wildman–Crippen LogP) is 3.15. The van der Waals surface area contributed by atoms with Gasteiger partial charge >= 0.3 is 0 Å². The first kappa shape index (κ1) is 13.6.